The van der Waals surface area contributed by atoms with Crippen molar-refractivity contribution in [3.05, 3.63) is 0 Å². The molecule has 1 heterocycles. The molecule has 64 valence electrons. The normalized spacial score (nSPS) is 17.7. The highest BCUT2D eigenvalue weighted by atomic mass is 35.5. The molecule has 0 N–H and O–H groups in total. The van der Waals surface area contributed by atoms with E-state index >= 15 is 0 Å². The van der Waals surface area contributed by atoms with Crippen LogP contribution < -0.4 is 0 Å². The van der Waals surface area contributed by atoms with Gasteiger partial charge in [0.2, 0.25) is 0 Å². The third kappa shape index (κ3) is 4.37. The summed E-state index contributed by atoms with van der Waals surface area (Å²) in [7, 11) is 0. The number of halogens is 2. The molecule has 0 spiro atoms. The van der Waals surface area contributed by atoms with Gasteiger partial charge in [0.05, 0.1) is 0 Å². The Bertz CT molecular complexity index is 62.6. The minimum absolute atomic E-state index is 0. The topological polar surface area (TPSA) is 3.24 Å². The zero-order chi connectivity index (χ0) is 5.82. The van der Waals surface area contributed by atoms with Crippen LogP contribution in [0.2, 0.25) is 0 Å². The van der Waals surface area contributed by atoms with E-state index in [4.69, 9.17) is 0 Å². The Morgan fingerprint density at radius 2 is 1.60 bits per heavy atom. The van der Waals surface area contributed by atoms with E-state index in [1.165, 1.54) is 38.9 Å². The molecule has 0 aliphatic carbocycles. The van der Waals surface area contributed by atoms with Crippen LogP contribution in [0.25, 0.3) is 0 Å². The molecule has 1 aliphatic rings. The zero-order valence-corrected chi connectivity index (χ0v) is 8.14. The maximum Gasteiger partial charge on any atom is -0.00183 e. The third-order valence-electron chi connectivity index (χ3n) is 1.74. The fourth-order valence-electron chi connectivity index (χ4n) is 1.32. The molecule has 3 heteroatoms. The van der Waals surface area contributed by atoms with Crippen molar-refractivity contribution in [2.75, 3.05) is 19.6 Å². The van der Waals surface area contributed by atoms with Crippen LogP contribution in [0.5, 0.6) is 0 Å². The van der Waals surface area contributed by atoms with Crippen LogP contribution in [0.15, 0.2) is 0 Å². The molecule has 0 atom stereocenters. The van der Waals surface area contributed by atoms with Gasteiger partial charge >= 0.3 is 0 Å². The van der Waals surface area contributed by atoms with Crippen molar-refractivity contribution < 1.29 is 0 Å². The van der Waals surface area contributed by atoms with E-state index in [1.807, 2.05) is 0 Å². The van der Waals surface area contributed by atoms with E-state index in [2.05, 4.69) is 11.8 Å². The fourth-order valence-corrected chi connectivity index (χ4v) is 1.32. The standard InChI is InChI=1S/C7H15N.2ClH/c1-2-5-8-6-3-4-7-8;;/h2-7H2,1H3;2*1H. The summed E-state index contributed by atoms with van der Waals surface area (Å²) in [6, 6.07) is 0. The van der Waals surface area contributed by atoms with Gasteiger partial charge in [-0.25, -0.2) is 0 Å². The lowest BCUT2D eigenvalue weighted by atomic mass is 10.4. The van der Waals surface area contributed by atoms with Gasteiger partial charge in [-0.3, -0.25) is 0 Å². The maximum atomic E-state index is 2.54. The number of rotatable bonds is 2. The number of nitrogens with zero attached hydrogens (tertiary/aromatic N) is 1. The Balaban J connectivity index is 0. The predicted octanol–water partition coefficient (Wildman–Crippen LogP) is 2.34. The molecule has 0 aromatic heterocycles. The average molecular weight is 186 g/mol. The molecular formula is C7H17Cl2N. The second-order valence-electron chi connectivity index (χ2n) is 2.55. The molecule has 0 bridgehead atoms. The molecule has 10 heavy (non-hydrogen) atoms. The fraction of sp³-hybridized carbons (Fsp3) is 1.00. The molecule has 1 nitrogen and oxygen atoms in total. The van der Waals surface area contributed by atoms with Crippen LogP contribution in [-0.2, 0) is 0 Å². The van der Waals surface area contributed by atoms with Crippen molar-refractivity contribution in [1.29, 1.82) is 0 Å². The molecule has 1 aliphatic heterocycles. The van der Waals surface area contributed by atoms with Crippen LogP contribution in [0.4, 0.5) is 0 Å². The molecule has 0 aromatic rings. The minimum atomic E-state index is 0. The highest BCUT2D eigenvalue weighted by Gasteiger charge is 2.08. The van der Waals surface area contributed by atoms with E-state index in [0.717, 1.165) is 0 Å². The van der Waals surface area contributed by atoms with E-state index in [0.29, 0.717) is 0 Å². The van der Waals surface area contributed by atoms with E-state index in [9.17, 15) is 0 Å². The smallest absolute Gasteiger partial charge is 0.00183 e. The lowest BCUT2D eigenvalue weighted by Gasteiger charge is -2.11. The van der Waals surface area contributed by atoms with Crippen LogP contribution >= 0.6 is 24.8 Å². The van der Waals surface area contributed by atoms with Crippen molar-refractivity contribution in [3.63, 3.8) is 0 Å². The van der Waals surface area contributed by atoms with Gasteiger partial charge in [-0.05, 0) is 38.9 Å². The van der Waals surface area contributed by atoms with Crippen molar-refractivity contribution in [2.45, 2.75) is 26.2 Å². The van der Waals surface area contributed by atoms with E-state index in [-0.39, 0.29) is 24.8 Å². The summed E-state index contributed by atoms with van der Waals surface area (Å²) in [6.45, 7) is 6.28. The predicted molar refractivity (Wildman–Crippen MR) is 50.5 cm³/mol. The average Bonchev–Trinajstić information content (AvgIpc) is 2.19. The van der Waals surface area contributed by atoms with Crippen molar-refractivity contribution >= 4 is 24.8 Å². The van der Waals surface area contributed by atoms with Gasteiger partial charge < -0.3 is 4.90 Å². The van der Waals surface area contributed by atoms with Crippen LogP contribution in [-0.4, -0.2) is 24.5 Å². The summed E-state index contributed by atoms with van der Waals surface area (Å²) in [6.07, 6.45) is 4.18. The summed E-state index contributed by atoms with van der Waals surface area (Å²) in [5.74, 6) is 0. The monoisotopic (exact) mass is 185 g/mol. The van der Waals surface area contributed by atoms with E-state index < -0.39 is 0 Å². The highest BCUT2D eigenvalue weighted by Crippen LogP contribution is 2.06. The Morgan fingerprint density at radius 1 is 1.10 bits per heavy atom. The second kappa shape index (κ2) is 7.64. The second-order valence-corrected chi connectivity index (χ2v) is 2.55. The lowest BCUT2D eigenvalue weighted by molar-refractivity contribution is 0.339. The SMILES string of the molecule is CCCN1CCCC1.Cl.Cl. The summed E-state index contributed by atoms with van der Waals surface area (Å²) in [4.78, 5) is 2.54. The van der Waals surface area contributed by atoms with Crippen LogP contribution in [0.3, 0.4) is 0 Å². The third-order valence-corrected chi connectivity index (χ3v) is 1.74. The first-order chi connectivity index (χ1) is 3.93. The van der Waals surface area contributed by atoms with Gasteiger partial charge in [0.25, 0.3) is 0 Å². The Morgan fingerprint density at radius 3 is 2.00 bits per heavy atom. The van der Waals surface area contributed by atoms with Gasteiger partial charge in [-0.1, -0.05) is 6.92 Å². The lowest BCUT2D eigenvalue weighted by Crippen LogP contribution is -2.19. The summed E-state index contributed by atoms with van der Waals surface area (Å²) >= 11 is 0. The largest absolute Gasteiger partial charge is 0.303 e. The summed E-state index contributed by atoms with van der Waals surface area (Å²) < 4.78 is 0. The molecule has 0 unspecified atom stereocenters. The molecule has 1 rings (SSSR count). The number of hydrogen-bond acceptors (Lipinski definition) is 1. The quantitative estimate of drug-likeness (QED) is 0.639. The maximum absolute atomic E-state index is 2.54. The van der Waals surface area contributed by atoms with E-state index in [1.54, 1.807) is 0 Å². The molecule has 0 saturated carbocycles. The first kappa shape index (κ1) is 13.2. The Kier molecular flexibility index (Phi) is 10.1. The first-order valence-electron chi connectivity index (χ1n) is 3.66. The first-order valence-corrected chi connectivity index (χ1v) is 3.66. The molecule has 0 radical (unpaired) electrons. The molecule has 1 fully saturated rings. The number of likely N-dealkylation sites (tertiary alicyclic amines) is 1. The van der Waals surface area contributed by atoms with Gasteiger partial charge in [-0.2, -0.15) is 0 Å². The van der Waals surface area contributed by atoms with Crippen LogP contribution in [0.1, 0.15) is 26.2 Å². The minimum Gasteiger partial charge on any atom is -0.303 e. The van der Waals surface area contributed by atoms with Crippen molar-refractivity contribution in [1.82, 2.24) is 4.90 Å². The van der Waals surface area contributed by atoms with Gasteiger partial charge in [0, 0.05) is 0 Å². The Hall–Kier alpha value is 0.540. The highest BCUT2D eigenvalue weighted by molar-refractivity contribution is 5.85. The van der Waals surface area contributed by atoms with Crippen molar-refractivity contribution in [3.8, 4) is 0 Å². The zero-order valence-electron chi connectivity index (χ0n) is 6.51. The summed E-state index contributed by atoms with van der Waals surface area (Å²) in [5, 5.41) is 0. The van der Waals surface area contributed by atoms with Gasteiger partial charge in [-0.15, -0.1) is 24.8 Å². The molecule has 0 aromatic carbocycles. The molecular weight excluding hydrogens is 169 g/mol. The number of hydrogen-bond donors (Lipinski definition) is 0. The summed E-state index contributed by atoms with van der Waals surface area (Å²) in [5.41, 5.74) is 0. The van der Waals surface area contributed by atoms with Gasteiger partial charge in [0.1, 0.15) is 0 Å². The van der Waals surface area contributed by atoms with Crippen molar-refractivity contribution in [2.24, 2.45) is 0 Å². The van der Waals surface area contributed by atoms with Crippen LogP contribution in [0, 0.1) is 0 Å². The molecule has 1 saturated heterocycles. The van der Waals surface area contributed by atoms with Gasteiger partial charge in [0.15, 0.2) is 0 Å². The Labute approximate surface area is 76.0 Å². The molecule has 0 amide bonds.